The van der Waals surface area contributed by atoms with Crippen LogP contribution in [-0.4, -0.2) is 6.54 Å². The van der Waals surface area contributed by atoms with Crippen LogP contribution in [0.4, 0.5) is 0 Å². The van der Waals surface area contributed by atoms with Crippen molar-refractivity contribution in [2.75, 3.05) is 6.54 Å². The number of hydrogen-bond acceptors (Lipinski definition) is 2. The van der Waals surface area contributed by atoms with Crippen molar-refractivity contribution in [3.8, 4) is 0 Å². The van der Waals surface area contributed by atoms with E-state index in [1.807, 2.05) is 12.1 Å². The summed E-state index contributed by atoms with van der Waals surface area (Å²) in [6, 6.07) is 7.66. The number of halogens is 4. The molecule has 2 rings (SSSR count). The molecule has 0 bridgehead atoms. The summed E-state index contributed by atoms with van der Waals surface area (Å²) in [6.07, 6.45) is 0. The first-order valence-corrected chi connectivity index (χ1v) is 8.81. The minimum absolute atomic E-state index is 0.0214. The van der Waals surface area contributed by atoms with E-state index in [1.165, 1.54) is 0 Å². The third kappa shape index (κ3) is 3.74. The van der Waals surface area contributed by atoms with Gasteiger partial charge in [-0.25, -0.2) is 0 Å². The molecule has 0 radical (unpaired) electrons. The molecular weight excluding hydrogens is 433 g/mol. The largest absolute Gasteiger partial charge is 0.306 e. The summed E-state index contributed by atoms with van der Waals surface area (Å²) in [5.74, 6) is 0. The molecule has 0 amide bonds. The molecule has 1 unspecified atom stereocenters. The van der Waals surface area contributed by atoms with Crippen LogP contribution in [0.15, 0.2) is 31.8 Å². The molecule has 2 aromatic rings. The van der Waals surface area contributed by atoms with E-state index in [0.717, 1.165) is 25.2 Å². The monoisotopic (exact) mass is 441 g/mol. The average molecular weight is 444 g/mol. The number of thiophene rings is 1. The first-order valence-electron chi connectivity index (χ1n) is 5.66. The molecule has 0 saturated heterocycles. The molecule has 19 heavy (non-hydrogen) atoms. The summed E-state index contributed by atoms with van der Waals surface area (Å²) in [5, 5.41) is 4.85. The maximum absolute atomic E-state index is 6.31. The van der Waals surface area contributed by atoms with Gasteiger partial charge >= 0.3 is 0 Å². The van der Waals surface area contributed by atoms with Crippen LogP contribution in [0, 0.1) is 0 Å². The second-order valence-electron chi connectivity index (χ2n) is 3.94. The van der Waals surface area contributed by atoms with E-state index in [9.17, 15) is 0 Å². The summed E-state index contributed by atoms with van der Waals surface area (Å²) in [7, 11) is 0. The van der Waals surface area contributed by atoms with Crippen LogP contribution in [0.2, 0.25) is 10.0 Å². The van der Waals surface area contributed by atoms with E-state index >= 15 is 0 Å². The SMILES string of the molecule is CCNC(c1cc(Cl)ccc1Cl)c1cc(Br)sc1Br. The molecule has 1 atom stereocenters. The van der Waals surface area contributed by atoms with Crippen LogP contribution in [0.1, 0.15) is 24.1 Å². The van der Waals surface area contributed by atoms with Crippen LogP contribution in [-0.2, 0) is 0 Å². The normalized spacial score (nSPS) is 12.7. The molecule has 1 N–H and O–H groups in total. The first-order chi connectivity index (χ1) is 9.02. The maximum atomic E-state index is 6.31. The molecule has 1 nitrogen and oxygen atoms in total. The lowest BCUT2D eigenvalue weighted by molar-refractivity contribution is 0.631. The Kier molecular flexibility index (Phi) is 5.76. The Morgan fingerprint density at radius 1 is 1.21 bits per heavy atom. The van der Waals surface area contributed by atoms with Crippen molar-refractivity contribution in [3.63, 3.8) is 0 Å². The van der Waals surface area contributed by atoms with Crippen LogP contribution in [0.25, 0.3) is 0 Å². The summed E-state index contributed by atoms with van der Waals surface area (Å²) < 4.78 is 2.16. The molecule has 0 aliphatic rings. The lowest BCUT2D eigenvalue weighted by Crippen LogP contribution is -2.22. The fourth-order valence-electron chi connectivity index (χ4n) is 1.88. The molecule has 1 aromatic heterocycles. The lowest BCUT2D eigenvalue weighted by Gasteiger charge is -2.19. The molecule has 1 aromatic carbocycles. The smallest absolute Gasteiger partial charge is 0.0761 e. The molecule has 1 heterocycles. The third-order valence-corrected chi connectivity index (χ3v) is 5.64. The van der Waals surface area contributed by atoms with E-state index in [1.54, 1.807) is 17.4 Å². The standard InChI is InChI=1S/C13H11Br2Cl2NS/c1-2-18-12(9-6-11(14)19-13(9)15)8-5-7(16)3-4-10(8)17/h3-6,12,18H,2H2,1H3. The Balaban J connectivity index is 2.51. The zero-order chi connectivity index (χ0) is 14.0. The van der Waals surface area contributed by atoms with Crippen molar-refractivity contribution in [2.24, 2.45) is 0 Å². The fourth-order valence-corrected chi connectivity index (χ4v) is 5.19. The minimum Gasteiger partial charge on any atom is -0.306 e. The average Bonchev–Trinajstić information content (AvgIpc) is 2.69. The van der Waals surface area contributed by atoms with Gasteiger partial charge in [-0.05, 0) is 73.8 Å². The van der Waals surface area contributed by atoms with E-state index in [0.29, 0.717) is 10.0 Å². The summed E-state index contributed by atoms with van der Waals surface area (Å²) in [6.45, 7) is 2.91. The Labute approximate surface area is 143 Å². The molecule has 6 heteroatoms. The Hall–Kier alpha value is 0.420. The maximum Gasteiger partial charge on any atom is 0.0761 e. The highest BCUT2D eigenvalue weighted by molar-refractivity contribution is 9.12. The Morgan fingerprint density at radius 2 is 1.95 bits per heavy atom. The van der Waals surface area contributed by atoms with Crippen LogP contribution >= 0.6 is 66.4 Å². The zero-order valence-corrected chi connectivity index (χ0v) is 15.5. The zero-order valence-electron chi connectivity index (χ0n) is 10.0. The van der Waals surface area contributed by atoms with Crippen LogP contribution < -0.4 is 5.32 Å². The molecule has 0 aliphatic carbocycles. The minimum atomic E-state index is 0.0214. The van der Waals surface area contributed by atoms with Gasteiger partial charge in [-0.1, -0.05) is 30.1 Å². The fraction of sp³-hybridized carbons (Fsp3) is 0.231. The first kappa shape index (κ1) is 15.8. The molecule has 0 aliphatic heterocycles. The van der Waals surface area contributed by atoms with E-state index in [2.05, 4.69) is 50.2 Å². The van der Waals surface area contributed by atoms with Crippen molar-refractivity contribution < 1.29 is 0 Å². The van der Waals surface area contributed by atoms with Gasteiger partial charge in [-0.15, -0.1) is 11.3 Å². The highest BCUT2D eigenvalue weighted by atomic mass is 79.9. The van der Waals surface area contributed by atoms with Crippen LogP contribution in [0.5, 0.6) is 0 Å². The van der Waals surface area contributed by atoms with Crippen molar-refractivity contribution in [2.45, 2.75) is 13.0 Å². The highest BCUT2D eigenvalue weighted by Crippen LogP contribution is 2.40. The van der Waals surface area contributed by atoms with Gasteiger partial charge in [0.15, 0.2) is 0 Å². The van der Waals surface area contributed by atoms with E-state index < -0.39 is 0 Å². The van der Waals surface area contributed by atoms with Crippen molar-refractivity contribution >= 4 is 66.4 Å². The van der Waals surface area contributed by atoms with Crippen molar-refractivity contribution in [1.82, 2.24) is 5.32 Å². The molecule has 0 saturated carbocycles. The second kappa shape index (κ2) is 6.92. The second-order valence-corrected chi connectivity index (χ2v) is 8.53. The van der Waals surface area contributed by atoms with Gasteiger partial charge < -0.3 is 5.32 Å². The molecule has 0 fully saturated rings. The van der Waals surface area contributed by atoms with E-state index in [4.69, 9.17) is 23.2 Å². The lowest BCUT2D eigenvalue weighted by atomic mass is 10.0. The molecule has 102 valence electrons. The topological polar surface area (TPSA) is 12.0 Å². The van der Waals surface area contributed by atoms with Crippen LogP contribution in [0.3, 0.4) is 0 Å². The van der Waals surface area contributed by atoms with Gasteiger partial charge in [-0.2, -0.15) is 0 Å². The predicted octanol–water partition coefficient (Wildman–Crippen LogP) is 6.28. The Morgan fingerprint density at radius 3 is 2.53 bits per heavy atom. The van der Waals surface area contributed by atoms with Crippen molar-refractivity contribution in [3.05, 3.63) is 53.0 Å². The van der Waals surface area contributed by atoms with Gasteiger partial charge in [0.25, 0.3) is 0 Å². The molecular formula is C13H11Br2Cl2NS. The quantitative estimate of drug-likeness (QED) is 0.586. The van der Waals surface area contributed by atoms with Gasteiger partial charge in [0, 0.05) is 10.0 Å². The number of nitrogens with one attached hydrogen (secondary N) is 1. The number of hydrogen-bond donors (Lipinski definition) is 1. The highest BCUT2D eigenvalue weighted by Gasteiger charge is 2.20. The summed E-state index contributed by atoms with van der Waals surface area (Å²) in [5.41, 5.74) is 2.14. The molecule has 0 spiro atoms. The van der Waals surface area contributed by atoms with Gasteiger partial charge in [0.05, 0.1) is 13.6 Å². The van der Waals surface area contributed by atoms with Gasteiger partial charge in [0.2, 0.25) is 0 Å². The summed E-state index contributed by atoms with van der Waals surface area (Å²) >= 11 is 21.2. The predicted molar refractivity (Wildman–Crippen MR) is 91.7 cm³/mol. The third-order valence-electron chi connectivity index (χ3n) is 2.67. The van der Waals surface area contributed by atoms with E-state index in [-0.39, 0.29) is 6.04 Å². The summed E-state index contributed by atoms with van der Waals surface area (Å²) in [4.78, 5) is 0. The van der Waals surface area contributed by atoms with Crippen molar-refractivity contribution in [1.29, 1.82) is 0 Å². The Bertz CT molecular complexity index is 586. The van der Waals surface area contributed by atoms with Gasteiger partial charge in [-0.3, -0.25) is 0 Å². The number of rotatable bonds is 4. The van der Waals surface area contributed by atoms with Gasteiger partial charge in [0.1, 0.15) is 0 Å². The number of benzene rings is 1.